The predicted octanol–water partition coefficient (Wildman–Crippen LogP) is 4.15. The van der Waals surface area contributed by atoms with Crippen molar-refractivity contribution in [1.29, 1.82) is 0 Å². The summed E-state index contributed by atoms with van der Waals surface area (Å²) in [5.74, 6) is -0.970. The molecule has 0 saturated carbocycles. The number of hydrogen-bond donors (Lipinski definition) is 2. The van der Waals surface area contributed by atoms with Gasteiger partial charge in [0, 0.05) is 5.56 Å². The molecule has 1 amide bonds. The molecule has 0 spiro atoms. The molecule has 3 aromatic carbocycles. The van der Waals surface area contributed by atoms with Gasteiger partial charge in [-0.3, -0.25) is 9.10 Å². The normalized spacial score (nSPS) is 12.3. The molecule has 0 saturated heterocycles. The van der Waals surface area contributed by atoms with Gasteiger partial charge in [-0.25, -0.2) is 13.8 Å². The van der Waals surface area contributed by atoms with Gasteiger partial charge in [0.25, 0.3) is 15.9 Å². The minimum absolute atomic E-state index is 0.0738. The third-order valence-corrected chi connectivity index (χ3v) is 6.51. The number of carbonyl (C=O) groups is 1. The van der Waals surface area contributed by atoms with Gasteiger partial charge in [-0.05, 0) is 49.4 Å². The predicted molar refractivity (Wildman–Crippen MR) is 121 cm³/mol. The summed E-state index contributed by atoms with van der Waals surface area (Å²) in [6.07, 6.45) is -4.71. The third-order valence-electron chi connectivity index (χ3n) is 4.72. The molecule has 2 N–H and O–H groups in total. The summed E-state index contributed by atoms with van der Waals surface area (Å²) in [6.45, 7) is 0.677. The number of hydrogen-bond acceptors (Lipinski definition) is 5. The van der Waals surface area contributed by atoms with E-state index in [2.05, 4.69) is 10.5 Å². The van der Waals surface area contributed by atoms with E-state index in [0.29, 0.717) is 15.9 Å². The first kappa shape index (κ1) is 24.8. The van der Waals surface area contributed by atoms with Crippen molar-refractivity contribution < 1.29 is 31.5 Å². The Kier molecular flexibility index (Phi) is 7.26. The molecule has 0 aliphatic carbocycles. The number of benzene rings is 3. The Morgan fingerprint density at radius 2 is 1.65 bits per heavy atom. The highest BCUT2D eigenvalue weighted by Crippen LogP contribution is 2.33. The van der Waals surface area contributed by atoms with Gasteiger partial charge in [0.15, 0.2) is 0 Å². The molecule has 7 nitrogen and oxygen atoms in total. The second kappa shape index (κ2) is 9.96. The molecule has 0 aliphatic heterocycles. The van der Waals surface area contributed by atoms with Gasteiger partial charge in [0.1, 0.15) is 12.3 Å². The quantitative estimate of drug-likeness (QED) is 0.383. The van der Waals surface area contributed by atoms with Crippen molar-refractivity contribution in [3.8, 4) is 5.75 Å². The van der Waals surface area contributed by atoms with Crippen LogP contribution in [-0.4, -0.2) is 31.7 Å². The first-order chi connectivity index (χ1) is 16.0. The van der Waals surface area contributed by atoms with E-state index in [9.17, 15) is 31.5 Å². The van der Waals surface area contributed by atoms with Crippen LogP contribution in [0.4, 0.5) is 18.9 Å². The first-order valence-electron chi connectivity index (χ1n) is 9.86. The van der Waals surface area contributed by atoms with Crippen LogP contribution in [0.15, 0.2) is 88.9 Å². The molecule has 0 unspecified atom stereocenters. The second-order valence-electron chi connectivity index (χ2n) is 7.12. The summed E-state index contributed by atoms with van der Waals surface area (Å²) in [5, 5.41) is 13.8. The van der Waals surface area contributed by atoms with E-state index in [1.165, 1.54) is 43.3 Å². The zero-order valence-corrected chi connectivity index (χ0v) is 18.6. The van der Waals surface area contributed by atoms with E-state index in [0.717, 1.165) is 12.1 Å². The number of alkyl halides is 3. The molecule has 0 bridgehead atoms. The number of para-hydroxylation sites is 1. The number of nitrogens with one attached hydrogen (secondary N) is 1. The van der Waals surface area contributed by atoms with Crippen LogP contribution in [0.2, 0.25) is 0 Å². The van der Waals surface area contributed by atoms with Crippen molar-refractivity contribution in [2.75, 3.05) is 10.8 Å². The number of aromatic hydroxyl groups is 1. The molecule has 0 aromatic heterocycles. The van der Waals surface area contributed by atoms with E-state index in [1.54, 1.807) is 24.3 Å². The second-order valence-corrected chi connectivity index (χ2v) is 8.98. The molecule has 178 valence electrons. The molecule has 0 radical (unpaired) electrons. The lowest BCUT2D eigenvalue weighted by molar-refractivity contribution is -0.137. The highest BCUT2D eigenvalue weighted by molar-refractivity contribution is 7.92. The Bertz CT molecular complexity index is 1310. The maximum atomic E-state index is 13.2. The number of nitrogens with zero attached hydrogens (tertiary/aromatic N) is 2. The van der Waals surface area contributed by atoms with Crippen molar-refractivity contribution in [2.24, 2.45) is 5.10 Å². The van der Waals surface area contributed by atoms with E-state index in [4.69, 9.17) is 0 Å². The van der Waals surface area contributed by atoms with Crippen LogP contribution in [0.1, 0.15) is 18.1 Å². The number of phenols is 1. The Balaban J connectivity index is 1.94. The van der Waals surface area contributed by atoms with E-state index in [-0.39, 0.29) is 22.0 Å². The van der Waals surface area contributed by atoms with Gasteiger partial charge in [0.05, 0.1) is 21.9 Å². The average Bonchev–Trinajstić information content (AvgIpc) is 2.81. The Labute approximate surface area is 194 Å². The van der Waals surface area contributed by atoms with Gasteiger partial charge in [-0.2, -0.15) is 18.3 Å². The van der Waals surface area contributed by atoms with Crippen molar-refractivity contribution in [3.05, 3.63) is 90.0 Å². The molecule has 0 atom stereocenters. The SMILES string of the molecule is C/C(=N/NC(=O)CN(c1cccc(C(F)(F)F)c1)S(=O)(=O)c1ccccc1)c1ccccc1O. The Hall–Kier alpha value is -3.86. The Morgan fingerprint density at radius 3 is 2.29 bits per heavy atom. The molecular formula is C23H20F3N3O4S. The minimum atomic E-state index is -4.71. The van der Waals surface area contributed by atoms with Crippen molar-refractivity contribution in [1.82, 2.24) is 5.43 Å². The summed E-state index contributed by atoms with van der Waals surface area (Å²) in [4.78, 5) is 12.4. The number of hydrazone groups is 1. The summed E-state index contributed by atoms with van der Waals surface area (Å²) >= 11 is 0. The number of rotatable bonds is 7. The van der Waals surface area contributed by atoms with Crippen LogP contribution in [0.25, 0.3) is 0 Å². The monoisotopic (exact) mass is 491 g/mol. The van der Waals surface area contributed by atoms with Gasteiger partial charge >= 0.3 is 6.18 Å². The maximum Gasteiger partial charge on any atom is 0.416 e. The summed E-state index contributed by atoms with van der Waals surface area (Å²) in [5.41, 5.74) is 1.37. The lowest BCUT2D eigenvalue weighted by atomic mass is 10.1. The average molecular weight is 491 g/mol. The summed E-state index contributed by atoms with van der Waals surface area (Å²) in [6, 6.07) is 17.0. The molecule has 0 aliphatic rings. The molecule has 0 heterocycles. The lowest BCUT2D eigenvalue weighted by Gasteiger charge is -2.24. The lowest BCUT2D eigenvalue weighted by Crippen LogP contribution is -2.39. The van der Waals surface area contributed by atoms with Gasteiger partial charge in [-0.1, -0.05) is 36.4 Å². The molecule has 34 heavy (non-hydrogen) atoms. The van der Waals surface area contributed by atoms with Crippen LogP contribution in [0.3, 0.4) is 0 Å². The van der Waals surface area contributed by atoms with Crippen LogP contribution < -0.4 is 9.73 Å². The number of sulfonamides is 1. The zero-order valence-electron chi connectivity index (χ0n) is 17.8. The van der Waals surface area contributed by atoms with Gasteiger partial charge < -0.3 is 5.11 Å². The standard InChI is InChI=1S/C23H20F3N3O4S/c1-16(20-12-5-6-13-21(20)30)27-28-22(31)15-29(34(32,33)19-10-3-2-4-11-19)18-9-7-8-17(14-18)23(24,25)26/h2-14,30H,15H2,1H3,(H,28,31)/b27-16-. The summed E-state index contributed by atoms with van der Waals surface area (Å²) in [7, 11) is -4.39. The fourth-order valence-corrected chi connectivity index (χ4v) is 4.46. The largest absolute Gasteiger partial charge is 0.507 e. The number of phenolic OH excluding ortho intramolecular Hbond substituents is 1. The molecule has 3 rings (SSSR count). The first-order valence-corrected chi connectivity index (χ1v) is 11.3. The van der Waals surface area contributed by atoms with Crippen LogP contribution in [0, 0.1) is 0 Å². The van der Waals surface area contributed by atoms with E-state index >= 15 is 0 Å². The smallest absolute Gasteiger partial charge is 0.416 e. The molecule has 11 heteroatoms. The van der Waals surface area contributed by atoms with E-state index in [1.807, 2.05) is 0 Å². The topological polar surface area (TPSA) is 99.1 Å². The van der Waals surface area contributed by atoms with Gasteiger partial charge in [-0.15, -0.1) is 0 Å². The summed E-state index contributed by atoms with van der Waals surface area (Å²) < 4.78 is 66.7. The molecule has 0 fully saturated rings. The Morgan fingerprint density at radius 1 is 1.00 bits per heavy atom. The third kappa shape index (κ3) is 5.73. The van der Waals surface area contributed by atoms with Crippen LogP contribution >= 0.6 is 0 Å². The van der Waals surface area contributed by atoms with Crippen LogP contribution in [0.5, 0.6) is 5.75 Å². The van der Waals surface area contributed by atoms with Crippen molar-refractivity contribution in [3.63, 3.8) is 0 Å². The minimum Gasteiger partial charge on any atom is -0.507 e. The van der Waals surface area contributed by atoms with E-state index < -0.39 is 34.2 Å². The van der Waals surface area contributed by atoms with Crippen molar-refractivity contribution >= 4 is 27.3 Å². The fourth-order valence-electron chi connectivity index (χ4n) is 3.02. The molecule has 3 aromatic rings. The highest BCUT2D eigenvalue weighted by atomic mass is 32.2. The number of anilines is 1. The van der Waals surface area contributed by atoms with Gasteiger partial charge in [0.2, 0.25) is 0 Å². The maximum absolute atomic E-state index is 13.2. The highest BCUT2D eigenvalue weighted by Gasteiger charge is 2.33. The zero-order chi connectivity index (χ0) is 24.9. The number of halogens is 3. The molecular weight excluding hydrogens is 471 g/mol. The van der Waals surface area contributed by atoms with Crippen molar-refractivity contribution in [2.45, 2.75) is 18.0 Å². The number of carbonyl (C=O) groups excluding carboxylic acids is 1. The van der Waals surface area contributed by atoms with Crippen LogP contribution in [-0.2, 0) is 21.0 Å². The number of amides is 1. The fraction of sp³-hybridized carbons (Fsp3) is 0.130.